The van der Waals surface area contributed by atoms with Gasteiger partial charge in [-0.15, -0.1) is 0 Å². The molecule has 4 nitrogen and oxygen atoms in total. The van der Waals surface area contributed by atoms with Crippen LogP contribution >= 0.6 is 12.2 Å². The van der Waals surface area contributed by atoms with Gasteiger partial charge in [-0.25, -0.2) is 0 Å². The maximum absolute atomic E-state index is 9.34. The summed E-state index contributed by atoms with van der Waals surface area (Å²) in [6, 6.07) is 2.24. The molecule has 3 N–H and O–H groups in total. The third-order valence-corrected chi connectivity index (χ3v) is 4.69. The topological polar surface area (TPSA) is 59.2 Å². The van der Waals surface area contributed by atoms with Crippen molar-refractivity contribution in [1.29, 1.82) is 5.26 Å². The second-order valence-electron chi connectivity index (χ2n) is 5.71. The van der Waals surface area contributed by atoms with Crippen molar-refractivity contribution in [3.8, 4) is 6.07 Å². The lowest BCUT2D eigenvalue weighted by Gasteiger charge is -2.38. The molecular formula is C13H19N4S+. The Labute approximate surface area is 113 Å². The largest absolute Gasteiger partial charge is 0.384 e. The summed E-state index contributed by atoms with van der Waals surface area (Å²) in [7, 11) is 3.99. The van der Waals surface area contributed by atoms with Gasteiger partial charge in [-0.1, -0.05) is 12.2 Å². The molecule has 0 fully saturated rings. The quantitative estimate of drug-likeness (QED) is 0.672. The Morgan fingerprint density at radius 2 is 2.06 bits per heavy atom. The number of nitrogens with zero attached hydrogens (tertiary/aromatic N) is 2. The standard InChI is InChI=1S/C13H18N4S/c1-13(2)5-8-9(6-14)11(15)17(4)12(18)10(8)7-16(13)3/h5,7,15H2,1-4H3/p+1. The molecule has 1 aromatic rings. The Hall–Kier alpha value is -1.38. The Kier molecular flexibility index (Phi) is 2.96. The van der Waals surface area contributed by atoms with Gasteiger partial charge in [0, 0.05) is 19.0 Å². The van der Waals surface area contributed by atoms with E-state index in [1.807, 2.05) is 7.05 Å². The van der Waals surface area contributed by atoms with Crippen molar-refractivity contribution in [3.05, 3.63) is 21.3 Å². The van der Waals surface area contributed by atoms with E-state index in [1.165, 1.54) is 4.90 Å². The van der Waals surface area contributed by atoms with Crippen molar-refractivity contribution in [2.75, 3.05) is 12.8 Å². The Bertz CT molecular complexity index is 607. The van der Waals surface area contributed by atoms with Gasteiger partial charge in [0.15, 0.2) is 0 Å². The zero-order valence-corrected chi connectivity index (χ0v) is 12.1. The smallest absolute Gasteiger partial charge is 0.122 e. The Balaban J connectivity index is 2.79. The summed E-state index contributed by atoms with van der Waals surface area (Å²) in [5, 5.41) is 9.34. The first-order valence-corrected chi connectivity index (χ1v) is 6.43. The number of anilines is 1. The number of aromatic nitrogens is 1. The minimum atomic E-state index is 0.104. The number of nitrogens with two attached hydrogens (primary N) is 1. The molecule has 1 aromatic heterocycles. The summed E-state index contributed by atoms with van der Waals surface area (Å²) < 4.78 is 2.51. The van der Waals surface area contributed by atoms with E-state index in [1.54, 1.807) is 4.57 Å². The Morgan fingerprint density at radius 3 is 2.61 bits per heavy atom. The summed E-state index contributed by atoms with van der Waals surface area (Å²) in [6.07, 6.45) is 0.839. The van der Waals surface area contributed by atoms with E-state index < -0.39 is 0 Å². The second-order valence-corrected chi connectivity index (χ2v) is 6.10. The molecule has 0 spiro atoms. The van der Waals surface area contributed by atoms with Crippen LogP contribution in [0.15, 0.2) is 0 Å². The zero-order valence-electron chi connectivity index (χ0n) is 11.3. The monoisotopic (exact) mass is 263 g/mol. The fourth-order valence-corrected chi connectivity index (χ4v) is 2.81. The molecule has 18 heavy (non-hydrogen) atoms. The average molecular weight is 263 g/mol. The molecule has 2 rings (SSSR count). The van der Waals surface area contributed by atoms with Crippen LogP contribution in [0.5, 0.6) is 0 Å². The zero-order chi connectivity index (χ0) is 13.7. The van der Waals surface area contributed by atoms with E-state index in [0.29, 0.717) is 11.4 Å². The lowest BCUT2D eigenvalue weighted by Crippen LogP contribution is -3.16. The second kappa shape index (κ2) is 4.08. The molecule has 0 bridgehead atoms. The highest BCUT2D eigenvalue weighted by Gasteiger charge is 2.37. The number of hydrogen-bond donors (Lipinski definition) is 2. The summed E-state index contributed by atoms with van der Waals surface area (Å²) in [5.41, 5.74) is 8.87. The summed E-state index contributed by atoms with van der Waals surface area (Å²) in [5.74, 6) is 0.483. The lowest BCUT2D eigenvalue weighted by molar-refractivity contribution is -0.945. The molecule has 1 atom stereocenters. The van der Waals surface area contributed by atoms with Crippen LogP contribution in [-0.4, -0.2) is 17.2 Å². The number of nitriles is 1. The fourth-order valence-electron chi connectivity index (χ4n) is 2.51. The van der Waals surface area contributed by atoms with Gasteiger partial charge >= 0.3 is 0 Å². The van der Waals surface area contributed by atoms with Gasteiger partial charge in [0.1, 0.15) is 23.1 Å². The average Bonchev–Trinajstić information content (AvgIpc) is 2.30. The molecule has 0 saturated heterocycles. The van der Waals surface area contributed by atoms with Crippen molar-refractivity contribution >= 4 is 18.0 Å². The van der Waals surface area contributed by atoms with E-state index in [0.717, 1.165) is 28.7 Å². The van der Waals surface area contributed by atoms with Crippen LogP contribution < -0.4 is 10.6 Å². The number of nitrogens with one attached hydrogen (secondary N) is 1. The molecule has 1 aliphatic rings. The third kappa shape index (κ3) is 1.73. The van der Waals surface area contributed by atoms with Crippen LogP contribution in [0.4, 0.5) is 5.82 Å². The molecule has 1 aliphatic heterocycles. The molecular weight excluding hydrogens is 244 g/mol. The maximum atomic E-state index is 9.34. The van der Waals surface area contributed by atoms with Crippen LogP contribution in [0, 0.1) is 16.0 Å². The van der Waals surface area contributed by atoms with E-state index in [2.05, 4.69) is 27.0 Å². The predicted molar refractivity (Wildman–Crippen MR) is 73.7 cm³/mol. The van der Waals surface area contributed by atoms with Crippen molar-refractivity contribution in [2.24, 2.45) is 7.05 Å². The van der Waals surface area contributed by atoms with Gasteiger partial charge in [-0.05, 0) is 19.4 Å². The van der Waals surface area contributed by atoms with Crippen molar-refractivity contribution < 1.29 is 4.90 Å². The highest BCUT2D eigenvalue weighted by molar-refractivity contribution is 7.71. The predicted octanol–water partition coefficient (Wildman–Crippen LogP) is 0.558. The van der Waals surface area contributed by atoms with Gasteiger partial charge in [-0.2, -0.15) is 5.26 Å². The number of rotatable bonds is 0. The summed E-state index contributed by atoms with van der Waals surface area (Å²) in [4.78, 5) is 1.41. The number of pyridine rings is 1. The van der Waals surface area contributed by atoms with E-state index in [-0.39, 0.29) is 5.54 Å². The maximum Gasteiger partial charge on any atom is 0.122 e. The Morgan fingerprint density at radius 1 is 1.44 bits per heavy atom. The number of fused-ring (bicyclic) bond motifs is 1. The minimum absolute atomic E-state index is 0.104. The van der Waals surface area contributed by atoms with Crippen LogP contribution in [0.1, 0.15) is 30.5 Å². The van der Waals surface area contributed by atoms with E-state index in [9.17, 15) is 5.26 Å². The van der Waals surface area contributed by atoms with Gasteiger partial charge in [-0.3, -0.25) is 0 Å². The molecule has 0 saturated carbocycles. The van der Waals surface area contributed by atoms with Gasteiger partial charge in [0.2, 0.25) is 0 Å². The summed E-state index contributed by atoms with van der Waals surface area (Å²) in [6.45, 7) is 5.27. The van der Waals surface area contributed by atoms with Crippen molar-refractivity contribution in [2.45, 2.75) is 32.4 Å². The number of likely N-dealkylation sites (N-methyl/N-ethyl adjacent to an activating group) is 1. The minimum Gasteiger partial charge on any atom is -0.384 e. The number of hydrogen-bond acceptors (Lipinski definition) is 3. The van der Waals surface area contributed by atoms with Gasteiger partial charge in [0.05, 0.1) is 18.2 Å². The van der Waals surface area contributed by atoms with Crippen molar-refractivity contribution in [1.82, 2.24) is 4.57 Å². The summed E-state index contributed by atoms with van der Waals surface area (Å²) >= 11 is 5.46. The van der Waals surface area contributed by atoms with E-state index >= 15 is 0 Å². The number of nitrogen functional groups attached to an aromatic ring is 1. The highest BCUT2D eigenvalue weighted by atomic mass is 32.1. The molecule has 0 amide bonds. The fraction of sp³-hybridized carbons (Fsp3) is 0.538. The van der Waals surface area contributed by atoms with E-state index in [4.69, 9.17) is 18.0 Å². The van der Waals surface area contributed by atoms with Crippen LogP contribution in [-0.2, 0) is 20.0 Å². The van der Waals surface area contributed by atoms with Gasteiger partial charge < -0.3 is 15.2 Å². The highest BCUT2D eigenvalue weighted by Crippen LogP contribution is 2.27. The van der Waals surface area contributed by atoms with Crippen LogP contribution in [0.2, 0.25) is 0 Å². The lowest BCUT2D eigenvalue weighted by atomic mass is 9.84. The molecule has 0 aliphatic carbocycles. The normalized spacial score (nSPS) is 21.2. The molecule has 0 aromatic carbocycles. The van der Waals surface area contributed by atoms with Gasteiger partial charge in [0.25, 0.3) is 0 Å². The third-order valence-electron chi connectivity index (χ3n) is 4.17. The first-order valence-electron chi connectivity index (χ1n) is 6.03. The van der Waals surface area contributed by atoms with Crippen LogP contribution in [0.3, 0.4) is 0 Å². The SMILES string of the molecule is Cn1c(N)c(C#N)c2c(c1=S)C[NH+](C)C(C)(C)C2. The molecule has 0 radical (unpaired) electrons. The number of quaternary nitrogens is 1. The molecule has 96 valence electrons. The molecule has 5 heteroatoms. The molecule has 2 heterocycles. The van der Waals surface area contributed by atoms with Crippen LogP contribution in [0.25, 0.3) is 0 Å². The molecule has 1 unspecified atom stereocenters. The first-order chi connectivity index (χ1) is 8.29. The first kappa shape index (κ1) is 13.1. The van der Waals surface area contributed by atoms with Crippen molar-refractivity contribution in [3.63, 3.8) is 0 Å².